The molecule has 0 aromatic heterocycles. The summed E-state index contributed by atoms with van der Waals surface area (Å²) >= 11 is 0. The Hall–Kier alpha value is -0.410. The summed E-state index contributed by atoms with van der Waals surface area (Å²) in [5, 5.41) is 0. The Morgan fingerprint density at radius 2 is 2.18 bits per heavy atom. The van der Waals surface area contributed by atoms with Crippen LogP contribution >= 0.6 is 0 Å². The first kappa shape index (κ1) is 8.68. The van der Waals surface area contributed by atoms with Crippen LogP contribution in [0.2, 0.25) is 0 Å². The average molecular weight is 158 g/mol. The zero-order chi connectivity index (χ0) is 8.48. The predicted molar refractivity (Wildman–Crippen MR) is 40.5 cm³/mol. The summed E-state index contributed by atoms with van der Waals surface area (Å²) in [6.07, 6.45) is -0.362. The van der Waals surface area contributed by atoms with Gasteiger partial charge in [-0.3, -0.25) is 4.79 Å². The molecule has 0 N–H and O–H groups in total. The Kier molecular flexibility index (Phi) is 2.30. The molecular formula is C8H14O3. The summed E-state index contributed by atoms with van der Waals surface area (Å²) in [7, 11) is 0. The molecule has 0 bridgehead atoms. The van der Waals surface area contributed by atoms with Gasteiger partial charge in [-0.15, -0.1) is 0 Å². The quantitative estimate of drug-likeness (QED) is 0.565. The van der Waals surface area contributed by atoms with Crippen molar-refractivity contribution in [2.24, 2.45) is 0 Å². The Balaban J connectivity index is 2.53. The maximum atomic E-state index is 10.9. The Bertz CT molecular complexity index is 163. The van der Waals surface area contributed by atoms with Gasteiger partial charge in [0.05, 0.1) is 18.8 Å². The molecule has 3 heteroatoms. The molecule has 0 radical (unpaired) electrons. The molecule has 11 heavy (non-hydrogen) atoms. The zero-order valence-electron chi connectivity index (χ0n) is 7.22. The number of carbonyl (C=O) groups is 1. The highest BCUT2D eigenvalue weighted by molar-refractivity contribution is 5.80. The smallest absolute Gasteiger partial charge is 0.160 e. The third-order valence-corrected chi connectivity index (χ3v) is 1.63. The van der Waals surface area contributed by atoms with Crippen LogP contribution in [-0.2, 0) is 14.3 Å². The van der Waals surface area contributed by atoms with Crippen molar-refractivity contribution in [3.8, 4) is 0 Å². The van der Waals surface area contributed by atoms with Crippen molar-refractivity contribution in [3.05, 3.63) is 0 Å². The van der Waals surface area contributed by atoms with E-state index in [2.05, 4.69) is 0 Å². The molecule has 1 fully saturated rings. The van der Waals surface area contributed by atoms with Crippen molar-refractivity contribution < 1.29 is 14.3 Å². The van der Waals surface area contributed by atoms with E-state index in [-0.39, 0.29) is 17.5 Å². The minimum absolute atomic E-state index is 0.0396. The van der Waals surface area contributed by atoms with Crippen LogP contribution in [0.1, 0.15) is 20.8 Å². The molecule has 0 aliphatic carbocycles. The number of rotatable bonds is 1. The van der Waals surface area contributed by atoms with Gasteiger partial charge >= 0.3 is 0 Å². The fourth-order valence-electron chi connectivity index (χ4n) is 1.07. The molecule has 1 unspecified atom stereocenters. The molecule has 64 valence electrons. The standard InChI is InChI=1S/C8H14O3/c1-6(9)7-4-10-5-8(2,3)11-7/h7H,4-5H2,1-3H3. The molecule has 0 aromatic carbocycles. The molecule has 3 nitrogen and oxygen atoms in total. The number of carbonyl (C=O) groups excluding carboxylic acids is 1. The largest absolute Gasteiger partial charge is 0.375 e. The molecule has 1 aliphatic heterocycles. The number of ether oxygens (including phenoxy) is 2. The molecule has 0 aromatic rings. The van der Waals surface area contributed by atoms with Crippen LogP contribution in [0.4, 0.5) is 0 Å². The van der Waals surface area contributed by atoms with Gasteiger partial charge in [-0.05, 0) is 20.8 Å². The summed E-state index contributed by atoms with van der Waals surface area (Å²) < 4.78 is 10.7. The SMILES string of the molecule is CC(=O)C1COCC(C)(C)O1. The lowest BCUT2D eigenvalue weighted by molar-refractivity contribution is -0.186. The Labute approximate surface area is 66.7 Å². The molecule has 1 atom stereocenters. The maximum Gasteiger partial charge on any atom is 0.160 e. The lowest BCUT2D eigenvalue weighted by atomic mass is 10.1. The second-order valence-corrected chi connectivity index (χ2v) is 3.49. The first-order chi connectivity index (χ1) is 5.01. The van der Waals surface area contributed by atoms with Crippen molar-refractivity contribution in [1.82, 2.24) is 0 Å². The topological polar surface area (TPSA) is 35.5 Å². The second-order valence-electron chi connectivity index (χ2n) is 3.49. The van der Waals surface area contributed by atoms with Crippen LogP contribution in [0.5, 0.6) is 0 Å². The Morgan fingerprint density at radius 3 is 2.55 bits per heavy atom. The van der Waals surface area contributed by atoms with Crippen LogP contribution < -0.4 is 0 Å². The minimum Gasteiger partial charge on any atom is -0.375 e. The Morgan fingerprint density at radius 1 is 1.55 bits per heavy atom. The summed E-state index contributed by atoms with van der Waals surface area (Å²) in [5.74, 6) is 0.0396. The average Bonchev–Trinajstić information content (AvgIpc) is 1.85. The van der Waals surface area contributed by atoms with E-state index >= 15 is 0 Å². The van der Waals surface area contributed by atoms with Crippen LogP contribution in [0.25, 0.3) is 0 Å². The summed E-state index contributed by atoms with van der Waals surface area (Å²) in [4.78, 5) is 10.9. The van der Waals surface area contributed by atoms with Gasteiger partial charge < -0.3 is 9.47 Å². The maximum absolute atomic E-state index is 10.9. The van der Waals surface area contributed by atoms with Gasteiger partial charge in [-0.25, -0.2) is 0 Å². The molecule has 1 saturated heterocycles. The van der Waals surface area contributed by atoms with E-state index in [1.54, 1.807) is 0 Å². The molecule has 0 amide bonds. The fourth-order valence-corrected chi connectivity index (χ4v) is 1.07. The van der Waals surface area contributed by atoms with Gasteiger partial charge in [0.25, 0.3) is 0 Å². The van der Waals surface area contributed by atoms with E-state index in [0.717, 1.165) is 0 Å². The van der Waals surface area contributed by atoms with Gasteiger partial charge in [-0.1, -0.05) is 0 Å². The van der Waals surface area contributed by atoms with Crippen LogP contribution in [0, 0.1) is 0 Å². The molecular weight excluding hydrogens is 144 g/mol. The molecule has 1 aliphatic rings. The highest BCUT2D eigenvalue weighted by Crippen LogP contribution is 2.18. The van der Waals surface area contributed by atoms with E-state index in [1.165, 1.54) is 6.92 Å². The second kappa shape index (κ2) is 2.91. The molecule has 0 saturated carbocycles. The molecule has 1 heterocycles. The predicted octanol–water partition coefficient (Wildman–Crippen LogP) is 0.769. The number of hydrogen-bond acceptors (Lipinski definition) is 3. The van der Waals surface area contributed by atoms with E-state index < -0.39 is 0 Å². The zero-order valence-corrected chi connectivity index (χ0v) is 7.22. The van der Waals surface area contributed by atoms with E-state index in [9.17, 15) is 4.79 Å². The van der Waals surface area contributed by atoms with Gasteiger partial charge in [0.2, 0.25) is 0 Å². The lowest BCUT2D eigenvalue weighted by Gasteiger charge is -2.34. The number of ketones is 1. The van der Waals surface area contributed by atoms with E-state index in [0.29, 0.717) is 13.2 Å². The van der Waals surface area contributed by atoms with Gasteiger partial charge in [-0.2, -0.15) is 0 Å². The van der Waals surface area contributed by atoms with Crippen LogP contribution in [0.15, 0.2) is 0 Å². The number of Topliss-reactive ketones (excluding diaryl/α,β-unsaturated/α-hetero) is 1. The van der Waals surface area contributed by atoms with Crippen LogP contribution in [0.3, 0.4) is 0 Å². The van der Waals surface area contributed by atoms with Gasteiger partial charge in [0.1, 0.15) is 6.10 Å². The van der Waals surface area contributed by atoms with E-state index in [1.807, 2.05) is 13.8 Å². The summed E-state index contributed by atoms with van der Waals surface area (Å²) in [5.41, 5.74) is -0.311. The van der Waals surface area contributed by atoms with Crippen molar-refractivity contribution in [2.45, 2.75) is 32.5 Å². The lowest BCUT2D eigenvalue weighted by Crippen LogP contribution is -2.45. The highest BCUT2D eigenvalue weighted by atomic mass is 16.6. The monoisotopic (exact) mass is 158 g/mol. The number of hydrogen-bond donors (Lipinski definition) is 0. The third kappa shape index (κ3) is 2.27. The van der Waals surface area contributed by atoms with E-state index in [4.69, 9.17) is 9.47 Å². The first-order valence-electron chi connectivity index (χ1n) is 3.77. The fraction of sp³-hybridized carbons (Fsp3) is 0.875. The normalized spacial score (nSPS) is 29.9. The van der Waals surface area contributed by atoms with Gasteiger partial charge in [0.15, 0.2) is 5.78 Å². The van der Waals surface area contributed by atoms with Crippen molar-refractivity contribution in [3.63, 3.8) is 0 Å². The third-order valence-electron chi connectivity index (χ3n) is 1.63. The van der Waals surface area contributed by atoms with Crippen LogP contribution in [-0.4, -0.2) is 30.7 Å². The molecule has 0 spiro atoms. The highest BCUT2D eigenvalue weighted by Gasteiger charge is 2.31. The summed E-state index contributed by atoms with van der Waals surface area (Å²) in [6.45, 7) is 6.33. The van der Waals surface area contributed by atoms with Gasteiger partial charge in [0, 0.05) is 0 Å². The van der Waals surface area contributed by atoms with Crippen molar-refractivity contribution in [2.75, 3.05) is 13.2 Å². The minimum atomic E-state index is -0.362. The molecule has 1 rings (SSSR count). The van der Waals surface area contributed by atoms with Crippen molar-refractivity contribution in [1.29, 1.82) is 0 Å². The first-order valence-corrected chi connectivity index (χ1v) is 3.77. The summed E-state index contributed by atoms with van der Waals surface area (Å²) in [6, 6.07) is 0. The van der Waals surface area contributed by atoms with Crippen molar-refractivity contribution >= 4 is 5.78 Å².